The molecule has 0 heterocycles. The van der Waals surface area contributed by atoms with Gasteiger partial charge in [-0.15, -0.1) is 0 Å². The van der Waals surface area contributed by atoms with Gasteiger partial charge in [-0.1, -0.05) is 24.3 Å². The molecule has 0 spiro atoms. The van der Waals surface area contributed by atoms with Crippen molar-refractivity contribution in [2.75, 3.05) is 20.8 Å². The van der Waals surface area contributed by atoms with Crippen LogP contribution in [0.4, 0.5) is 0 Å². The minimum atomic E-state index is -0.353. The van der Waals surface area contributed by atoms with E-state index in [1.54, 1.807) is 27.2 Å². The maximum Gasteiger partial charge on any atom is 0.338 e. The molecule has 0 aliphatic heterocycles. The van der Waals surface area contributed by atoms with E-state index in [0.29, 0.717) is 12.2 Å². The number of benzene rings is 2. The lowest BCUT2D eigenvalue weighted by Gasteiger charge is -2.09. The molecule has 4 heteroatoms. The molecule has 0 bridgehead atoms. The Hall–Kier alpha value is -2.75. The van der Waals surface area contributed by atoms with Crippen LogP contribution in [0.25, 0.3) is 11.6 Å². The van der Waals surface area contributed by atoms with Crippen LogP contribution in [0.1, 0.15) is 18.1 Å². The molecule has 0 unspecified atom stereocenters. The monoisotopic (exact) mass is 312 g/mol. The number of carbonyl (C=O) groups is 1. The molecule has 2 rings (SSSR count). The number of esters is 1. The van der Waals surface area contributed by atoms with Crippen LogP contribution >= 0.6 is 0 Å². The molecule has 0 N–H and O–H groups in total. The number of hydrogen-bond donors (Lipinski definition) is 0. The van der Waals surface area contributed by atoms with Crippen LogP contribution in [-0.4, -0.2) is 26.8 Å². The zero-order valence-electron chi connectivity index (χ0n) is 13.5. The van der Waals surface area contributed by atoms with Crippen molar-refractivity contribution in [2.24, 2.45) is 0 Å². The van der Waals surface area contributed by atoms with E-state index in [0.717, 1.165) is 22.6 Å². The first kappa shape index (κ1) is 16.6. The summed E-state index contributed by atoms with van der Waals surface area (Å²) >= 11 is 0. The van der Waals surface area contributed by atoms with Crippen molar-refractivity contribution in [3.8, 4) is 11.5 Å². The van der Waals surface area contributed by atoms with Crippen LogP contribution in [0.3, 0.4) is 0 Å². The Morgan fingerprint density at radius 3 is 1.91 bits per heavy atom. The maximum atomic E-state index is 12.3. The van der Waals surface area contributed by atoms with Gasteiger partial charge in [0, 0.05) is 0 Å². The molecule has 0 aromatic heterocycles. The molecule has 0 radical (unpaired) electrons. The van der Waals surface area contributed by atoms with Gasteiger partial charge < -0.3 is 14.2 Å². The minimum Gasteiger partial charge on any atom is -0.497 e. The van der Waals surface area contributed by atoms with Crippen LogP contribution in [0.2, 0.25) is 0 Å². The summed E-state index contributed by atoms with van der Waals surface area (Å²) in [7, 11) is 3.22. The van der Waals surface area contributed by atoms with Gasteiger partial charge in [0.05, 0.1) is 26.4 Å². The SMILES string of the molecule is CCOC(=O)C(=Cc1ccc(OC)cc1)c1ccc(OC)cc1. The van der Waals surface area contributed by atoms with Crippen LogP contribution < -0.4 is 9.47 Å². The largest absolute Gasteiger partial charge is 0.497 e. The first-order valence-electron chi connectivity index (χ1n) is 7.35. The molecule has 0 fully saturated rings. The third kappa shape index (κ3) is 4.36. The Bertz CT molecular complexity index is 670. The van der Waals surface area contributed by atoms with Crippen LogP contribution in [0.5, 0.6) is 11.5 Å². The van der Waals surface area contributed by atoms with Crippen molar-refractivity contribution in [2.45, 2.75) is 6.92 Å². The average molecular weight is 312 g/mol. The highest BCUT2D eigenvalue weighted by Crippen LogP contribution is 2.23. The minimum absolute atomic E-state index is 0.328. The summed E-state index contributed by atoms with van der Waals surface area (Å²) in [4.78, 5) is 12.3. The Labute approximate surface area is 136 Å². The Balaban J connectivity index is 2.39. The Kier molecular flexibility index (Phi) is 5.80. The molecule has 0 amide bonds. The molecule has 0 saturated carbocycles. The summed E-state index contributed by atoms with van der Waals surface area (Å²) in [6.07, 6.45) is 1.80. The summed E-state index contributed by atoms with van der Waals surface area (Å²) in [5.74, 6) is 1.15. The maximum absolute atomic E-state index is 12.3. The second kappa shape index (κ2) is 8.03. The fraction of sp³-hybridized carbons (Fsp3) is 0.211. The van der Waals surface area contributed by atoms with Crippen LogP contribution in [0.15, 0.2) is 48.5 Å². The lowest BCUT2D eigenvalue weighted by molar-refractivity contribution is -0.136. The normalized spacial score (nSPS) is 11.0. The van der Waals surface area contributed by atoms with Crippen molar-refractivity contribution in [3.05, 3.63) is 59.7 Å². The summed E-state index contributed by atoms with van der Waals surface area (Å²) in [5, 5.41) is 0. The highest BCUT2D eigenvalue weighted by molar-refractivity contribution is 6.21. The second-order valence-corrected chi connectivity index (χ2v) is 4.78. The van der Waals surface area contributed by atoms with Crippen LogP contribution in [-0.2, 0) is 9.53 Å². The van der Waals surface area contributed by atoms with Gasteiger partial charge in [0.25, 0.3) is 0 Å². The molecule has 120 valence electrons. The zero-order valence-corrected chi connectivity index (χ0v) is 13.5. The van der Waals surface area contributed by atoms with E-state index in [4.69, 9.17) is 14.2 Å². The smallest absolute Gasteiger partial charge is 0.338 e. The number of methoxy groups -OCH3 is 2. The van der Waals surface area contributed by atoms with Crippen molar-refractivity contribution >= 4 is 17.6 Å². The van der Waals surface area contributed by atoms with E-state index in [1.807, 2.05) is 48.5 Å². The van der Waals surface area contributed by atoms with E-state index in [1.165, 1.54) is 0 Å². The molecule has 0 saturated heterocycles. The van der Waals surface area contributed by atoms with Gasteiger partial charge in [0.2, 0.25) is 0 Å². The van der Waals surface area contributed by atoms with Gasteiger partial charge in [0.15, 0.2) is 0 Å². The average Bonchev–Trinajstić information content (AvgIpc) is 2.60. The predicted octanol–water partition coefficient (Wildman–Crippen LogP) is 3.81. The van der Waals surface area contributed by atoms with Crippen molar-refractivity contribution < 1.29 is 19.0 Å². The molecule has 4 nitrogen and oxygen atoms in total. The lowest BCUT2D eigenvalue weighted by atomic mass is 10.0. The predicted molar refractivity (Wildman–Crippen MR) is 90.5 cm³/mol. The molecule has 23 heavy (non-hydrogen) atoms. The summed E-state index contributed by atoms with van der Waals surface area (Å²) in [6, 6.07) is 14.8. The molecule has 2 aromatic rings. The van der Waals surface area contributed by atoms with Crippen LogP contribution in [0, 0.1) is 0 Å². The van der Waals surface area contributed by atoms with E-state index < -0.39 is 0 Å². The molecule has 2 aromatic carbocycles. The van der Waals surface area contributed by atoms with Gasteiger partial charge in [0.1, 0.15) is 11.5 Å². The number of ether oxygens (including phenoxy) is 3. The molecule has 0 atom stereocenters. The van der Waals surface area contributed by atoms with Gasteiger partial charge in [-0.2, -0.15) is 0 Å². The first-order chi connectivity index (χ1) is 11.2. The van der Waals surface area contributed by atoms with Gasteiger partial charge >= 0.3 is 5.97 Å². The standard InChI is InChI=1S/C19H20O4/c1-4-23-19(20)18(15-7-11-17(22-3)12-8-15)13-14-5-9-16(21-2)10-6-14/h5-13H,4H2,1-3H3. The summed E-state index contributed by atoms with van der Waals surface area (Å²) < 4.78 is 15.5. The fourth-order valence-corrected chi connectivity index (χ4v) is 2.11. The third-order valence-electron chi connectivity index (χ3n) is 3.32. The number of hydrogen-bond acceptors (Lipinski definition) is 4. The molecular formula is C19H20O4. The Morgan fingerprint density at radius 1 is 0.913 bits per heavy atom. The summed E-state index contributed by atoms with van der Waals surface area (Å²) in [6.45, 7) is 2.12. The second-order valence-electron chi connectivity index (χ2n) is 4.78. The van der Waals surface area contributed by atoms with Crippen molar-refractivity contribution in [3.63, 3.8) is 0 Å². The van der Waals surface area contributed by atoms with Crippen molar-refractivity contribution in [1.29, 1.82) is 0 Å². The van der Waals surface area contributed by atoms with Gasteiger partial charge in [-0.3, -0.25) is 0 Å². The molecule has 0 aliphatic carbocycles. The van der Waals surface area contributed by atoms with Gasteiger partial charge in [-0.25, -0.2) is 4.79 Å². The zero-order chi connectivity index (χ0) is 16.7. The quantitative estimate of drug-likeness (QED) is 0.462. The van der Waals surface area contributed by atoms with E-state index >= 15 is 0 Å². The van der Waals surface area contributed by atoms with Crippen molar-refractivity contribution in [1.82, 2.24) is 0 Å². The highest BCUT2D eigenvalue weighted by atomic mass is 16.5. The number of carbonyl (C=O) groups excluding carboxylic acids is 1. The highest BCUT2D eigenvalue weighted by Gasteiger charge is 2.13. The van der Waals surface area contributed by atoms with E-state index in [2.05, 4.69) is 0 Å². The topological polar surface area (TPSA) is 44.8 Å². The lowest BCUT2D eigenvalue weighted by Crippen LogP contribution is -2.06. The Morgan fingerprint density at radius 2 is 1.43 bits per heavy atom. The third-order valence-corrected chi connectivity index (χ3v) is 3.32. The first-order valence-corrected chi connectivity index (χ1v) is 7.35. The molecular weight excluding hydrogens is 292 g/mol. The van der Waals surface area contributed by atoms with E-state index in [-0.39, 0.29) is 5.97 Å². The van der Waals surface area contributed by atoms with E-state index in [9.17, 15) is 4.79 Å². The fourth-order valence-electron chi connectivity index (χ4n) is 2.11. The molecule has 0 aliphatic rings. The van der Waals surface area contributed by atoms with Gasteiger partial charge in [-0.05, 0) is 48.4 Å². The number of rotatable bonds is 6. The summed E-state index contributed by atoms with van der Waals surface area (Å²) in [5.41, 5.74) is 2.17.